The predicted molar refractivity (Wildman–Crippen MR) is 105 cm³/mol. The van der Waals surface area contributed by atoms with Crippen molar-refractivity contribution in [1.29, 1.82) is 5.26 Å². The fraction of sp³-hybridized carbons (Fsp3) is 0.286. The van der Waals surface area contributed by atoms with Crippen molar-refractivity contribution in [3.63, 3.8) is 0 Å². The third kappa shape index (κ3) is 4.81. The molecule has 0 bridgehead atoms. The van der Waals surface area contributed by atoms with Crippen molar-refractivity contribution in [2.75, 3.05) is 13.2 Å². The maximum atomic E-state index is 9.27. The van der Waals surface area contributed by atoms with Gasteiger partial charge < -0.3 is 15.9 Å². The minimum absolute atomic E-state index is 0.246. The maximum absolute atomic E-state index is 9.27. The van der Waals surface area contributed by atoms with Gasteiger partial charge in [0.05, 0.1) is 43.1 Å². The van der Waals surface area contributed by atoms with E-state index in [0.717, 1.165) is 22.4 Å². The summed E-state index contributed by atoms with van der Waals surface area (Å²) in [4.78, 5) is 0. The Morgan fingerprint density at radius 2 is 1.64 bits per heavy atom. The van der Waals surface area contributed by atoms with E-state index in [-0.39, 0.29) is 13.2 Å². The Kier molecular flexibility index (Phi) is 6.16. The summed E-state index contributed by atoms with van der Waals surface area (Å²) in [5.41, 5.74) is 9.44. The summed E-state index contributed by atoms with van der Waals surface area (Å²) in [6, 6.07) is 17.4. The van der Waals surface area contributed by atoms with E-state index in [1.54, 1.807) is 16.8 Å². The van der Waals surface area contributed by atoms with Gasteiger partial charge >= 0.3 is 0 Å². The molecule has 0 radical (unpaired) electrons. The molecule has 0 aliphatic rings. The van der Waals surface area contributed by atoms with Gasteiger partial charge in [-0.2, -0.15) is 5.26 Å². The molecule has 7 heteroatoms. The smallest absolute Gasteiger partial charge is 0.113 e. The molecule has 0 atom stereocenters. The highest BCUT2D eigenvalue weighted by molar-refractivity contribution is 5.58. The van der Waals surface area contributed by atoms with Crippen LogP contribution >= 0.6 is 0 Å². The molecule has 0 amide bonds. The second-order valence-corrected chi connectivity index (χ2v) is 6.99. The Balaban J connectivity index is 1.63. The minimum Gasteiger partial charge on any atom is -0.394 e. The molecule has 3 rings (SSSR count). The Morgan fingerprint density at radius 3 is 2.25 bits per heavy atom. The first-order chi connectivity index (χ1) is 13.5. The van der Waals surface area contributed by atoms with Gasteiger partial charge in [-0.3, -0.25) is 0 Å². The lowest BCUT2D eigenvalue weighted by molar-refractivity contribution is 0.115. The third-order valence-electron chi connectivity index (χ3n) is 4.76. The number of aliphatic hydroxyl groups excluding tert-OH is 2. The van der Waals surface area contributed by atoms with Gasteiger partial charge in [0.15, 0.2) is 0 Å². The van der Waals surface area contributed by atoms with E-state index in [1.165, 1.54) is 0 Å². The van der Waals surface area contributed by atoms with E-state index in [4.69, 9.17) is 11.0 Å². The van der Waals surface area contributed by atoms with E-state index < -0.39 is 5.54 Å². The van der Waals surface area contributed by atoms with Crippen LogP contribution in [0, 0.1) is 11.3 Å². The van der Waals surface area contributed by atoms with E-state index in [0.29, 0.717) is 24.9 Å². The lowest BCUT2D eigenvalue weighted by atomic mass is 9.93. The van der Waals surface area contributed by atoms with Crippen LogP contribution in [0.25, 0.3) is 11.3 Å². The molecule has 7 nitrogen and oxygen atoms in total. The van der Waals surface area contributed by atoms with Crippen LogP contribution in [-0.4, -0.2) is 44.0 Å². The number of aromatic nitrogens is 3. The number of rotatable bonds is 8. The summed E-state index contributed by atoms with van der Waals surface area (Å²) in [6.07, 6.45) is 3.05. The monoisotopic (exact) mass is 377 g/mol. The second kappa shape index (κ2) is 8.76. The molecule has 0 saturated heterocycles. The fourth-order valence-electron chi connectivity index (χ4n) is 2.82. The molecule has 28 heavy (non-hydrogen) atoms. The van der Waals surface area contributed by atoms with Crippen LogP contribution in [0.3, 0.4) is 0 Å². The quantitative estimate of drug-likeness (QED) is 0.547. The van der Waals surface area contributed by atoms with E-state index in [9.17, 15) is 10.2 Å². The average molecular weight is 377 g/mol. The molecule has 0 fully saturated rings. The van der Waals surface area contributed by atoms with Crippen LogP contribution in [-0.2, 0) is 13.0 Å². The molecule has 1 heterocycles. The summed E-state index contributed by atoms with van der Waals surface area (Å²) in [5.74, 6) is 0. The van der Waals surface area contributed by atoms with E-state index in [1.807, 2.05) is 42.6 Å². The molecule has 0 saturated carbocycles. The second-order valence-electron chi connectivity index (χ2n) is 6.99. The van der Waals surface area contributed by atoms with E-state index in [2.05, 4.69) is 16.4 Å². The summed E-state index contributed by atoms with van der Waals surface area (Å²) >= 11 is 0. The Morgan fingerprint density at radius 1 is 1.00 bits per heavy atom. The van der Waals surface area contributed by atoms with Gasteiger partial charge in [0.2, 0.25) is 0 Å². The van der Waals surface area contributed by atoms with Crippen LogP contribution in [0.4, 0.5) is 0 Å². The standard InChI is InChI=1S/C21H23N5O2/c22-11-17-1-3-18(4-2-17)12-26-13-20(24-25-26)19-7-5-16(6-8-19)9-10-21(23,14-27)15-28/h1-8,13,27-28H,9-10,12,14-15,23H2. The van der Waals surface area contributed by atoms with Gasteiger partial charge in [-0.25, -0.2) is 4.68 Å². The number of nitrogens with zero attached hydrogens (tertiary/aromatic N) is 4. The summed E-state index contributed by atoms with van der Waals surface area (Å²) in [7, 11) is 0. The number of aryl methyl sites for hydroxylation is 1. The fourth-order valence-corrected chi connectivity index (χ4v) is 2.82. The van der Waals surface area contributed by atoms with Gasteiger partial charge in [-0.1, -0.05) is 41.6 Å². The molecule has 144 valence electrons. The number of hydrogen-bond donors (Lipinski definition) is 3. The van der Waals surface area contributed by atoms with Crippen molar-refractivity contribution < 1.29 is 10.2 Å². The summed E-state index contributed by atoms with van der Waals surface area (Å²) in [6.45, 7) is 0.0888. The lowest BCUT2D eigenvalue weighted by Crippen LogP contribution is -2.47. The van der Waals surface area contributed by atoms with Crippen LogP contribution < -0.4 is 5.73 Å². The topological polar surface area (TPSA) is 121 Å². The van der Waals surface area contributed by atoms with E-state index >= 15 is 0 Å². The molecule has 4 N–H and O–H groups in total. The normalized spacial score (nSPS) is 11.4. The summed E-state index contributed by atoms with van der Waals surface area (Å²) in [5, 5.41) is 35.8. The average Bonchev–Trinajstić information content (AvgIpc) is 3.21. The first-order valence-corrected chi connectivity index (χ1v) is 9.04. The zero-order chi connectivity index (χ0) is 20.0. The number of hydrogen-bond acceptors (Lipinski definition) is 6. The molecule has 2 aromatic carbocycles. The highest BCUT2D eigenvalue weighted by Crippen LogP contribution is 2.19. The van der Waals surface area contributed by atoms with Crippen molar-refractivity contribution in [2.45, 2.75) is 24.9 Å². The number of aliphatic hydroxyl groups is 2. The van der Waals surface area contributed by atoms with Crippen LogP contribution in [0.2, 0.25) is 0 Å². The molecule has 0 aliphatic carbocycles. The first kappa shape index (κ1) is 19.7. The highest BCUT2D eigenvalue weighted by atomic mass is 16.3. The Hall–Kier alpha value is -3.05. The predicted octanol–water partition coefficient (Wildman–Crippen LogP) is 1.48. The molecule has 1 aromatic heterocycles. The number of benzene rings is 2. The molecule has 3 aromatic rings. The zero-order valence-corrected chi connectivity index (χ0v) is 15.5. The van der Waals surface area contributed by atoms with Gasteiger partial charge in [-0.15, -0.1) is 5.10 Å². The molecule has 0 aliphatic heterocycles. The Bertz CT molecular complexity index is 938. The van der Waals surface area contributed by atoms with Crippen LogP contribution in [0.1, 0.15) is 23.1 Å². The maximum Gasteiger partial charge on any atom is 0.113 e. The first-order valence-electron chi connectivity index (χ1n) is 9.04. The highest BCUT2D eigenvalue weighted by Gasteiger charge is 2.22. The van der Waals surface area contributed by atoms with Gasteiger partial charge in [-0.05, 0) is 36.1 Å². The van der Waals surface area contributed by atoms with Crippen molar-refractivity contribution >= 4 is 0 Å². The molecule has 0 unspecified atom stereocenters. The largest absolute Gasteiger partial charge is 0.394 e. The van der Waals surface area contributed by atoms with Crippen LogP contribution in [0.5, 0.6) is 0 Å². The van der Waals surface area contributed by atoms with Crippen molar-refractivity contribution in [2.24, 2.45) is 5.73 Å². The lowest BCUT2D eigenvalue weighted by Gasteiger charge is -2.24. The molecular weight excluding hydrogens is 354 g/mol. The third-order valence-corrected chi connectivity index (χ3v) is 4.76. The van der Waals surface area contributed by atoms with Gasteiger partial charge in [0.1, 0.15) is 5.69 Å². The van der Waals surface area contributed by atoms with Crippen molar-refractivity contribution in [3.05, 3.63) is 71.4 Å². The minimum atomic E-state index is -0.952. The molecule has 0 spiro atoms. The Labute approximate surface area is 163 Å². The summed E-state index contributed by atoms with van der Waals surface area (Å²) < 4.78 is 1.76. The zero-order valence-electron chi connectivity index (χ0n) is 15.5. The van der Waals surface area contributed by atoms with Crippen molar-refractivity contribution in [3.8, 4) is 17.3 Å². The number of nitriles is 1. The van der Waals surface area contributed by atoms with Crippen molar-refractivity contribution in [1.82, 2.24) is 15.0 Å². The van der Waals surface area contributed by atoms with Gasteiger partial charge in [0.25, 0.3) is 0 Å². The SMILES string of the molecule is N#Cc1ccc(Cn2cc(-c3ccc(CCC(N)(CO)CO)cc3)nn2)cc1. The van der Waals surface area contributed by atoms with Crippen LogP contribution in [0.15, 0.2) is 54.7 Å². The molecular formula is C21H23N5O2. The van der Waals surface area contributed by atoms with Gasteiger partial charge in [0, 0.05) is 5.56 Å². The number of nitrogens with two attached hydrogens (primary N) is 1.